The van der Waals surface area contributed by atoms with Gasteiger partial charge in [0.15, 0.2) is 0 Å². The van der Waals surface area contributed by atoms with Crippen LogP contribution >= 0.6 is 11.6 Å². The first kappa shape index (κ1) is 7.51. The number of hydrogen-bond donors (Lipinski definition) is 0. The van der Waals surface area contributed by atoms with E-state index in [1.165, 1.54) is 16.7 Å². The monoisotopic (exact) mass is 136 g/mol. The van der Waals surface area contributed by atoms with E-state index in [1.54, 1.807) is 0 Å². The molecule has 0 spiro atoms. The number of alkyl halides is 1. The van der Waals surface area contributed by atoms with Crippen molar-refractivity contribution in [3.63, 3.8) is 0 Å². The Labute approximate surface area is 53.7 Å². The van der Waals surface area contributed by atoms with E-state index in [0.717, 1.165) is 5.88 Å². The largest absolute Gasteiger partial charge is 0.127 e. The summed E-state index contributed by atoms with van der Waals surface area (Å²) in [6, 6.07) is 0. The summed E-state index contributed by atoms with van der Waals surface area (Å²) < 4.78 is 0. The summed E-state index contributed by atoms with van der Waals surface area (Å²) in [5.74, 6) is 0.816. The van der Waals surface area contributed by atoms with Crippen molar-refractivity contribution in [3.8, 4) is 0 Å². The number of hydrogen-bond acceptors (Lipinski definition) is 0. The molecule has 0 rings (SSSR count). The average molecular weight is 137 g/mol. The van der Waals surface area contributed by atoms with Crippen LogP contribution in [-0.4, -0.2) is 16.1 Å². The van der Waals surface area contributed by atoms with E-state index in [-0.39, 0.29) is 0 Å². The molecule has 0 saturated carbocycles. The average Bonchev–Trinajstić information content (AvgIpc) is 1.30. The highest BCUT2D eigenvalue weighted by molar-refractivity contribution is 6.19. The van der Waals surface area contributed by atoms with Crippen LogP contribution in [0.25, 0.3) is 0 Å². The van der Waals surface area contributed by atoms with Crippen molar-refractivity contribution in [2.45, 2.75) is 25.3 Å². The van der Waals surface area contributed by atoms with E-state index in [4.69, 9.17) is 11.6 Å². The van der Waals surface area contributed by atoms with Gasteiger partial charge in [-0.3, -0.25) is 0 Å². The Hall–Kier alpha value is 0.507. The van der Waals surface area contributed by atoms with Gasteiger partial charge in [-0.15, -0.1) is 11.6 Å². The summed E-state index contributed by atoms with van der Waals surface area (Å²) in [6.45, 7) is 4.50. The van der Waals surface area contributed by atoms with Crippen LogP contribution < -0.4 is 0 Å². The lowest BCUT2D eigenvalue weighted by Gasteiger charge is -2.14. The maximum absolute atomic E-state index is 5.51. The third kappa shape index (κ3) is 6.51. The molecule has 0 saturated heterocycles. The molecule has 0 aromatic carbocycles. The summed E-state index contributed by atoms with van der Waals surface area (Å²) >= 11 is 5.51. The van der Waals surface area contributed by atoms with Gasteiger partial charge in [0.1, 0.15) is 0 Å². The van der Waals surface area contributed by atoms with E-state index >= 15 is 0 Å². The Morgan fingerprint density at radius 2 is 2.00 bits per heavy atom. The van der Waals surface area contributed by atoms with Crippen LogP contribution in [0.5, 0.6) is 0 Å². The maximum Gasteiger partial charge on any atom is 0.0225 e. The highest BCUT2D eigenvalue weighted by Crippen LogP contribution is 2.22. The van der Waals surface area contributed by atoms with Gasteiger partial charge in [-0.2, -0.15) is 0 Å². The van der Waals surface area contributed by atoms with Crippen LogP contribution in [0, 0.1) is 0 Å². The molecule has 7 heavy (non-hydrogen) atoms. The van der Waals surface area contributed by atoms with E-state index < -0.39 is 0 Å². The Bertz CT molecular complexity index is 46.5. The van der Waals surface area contributed by atoms with Crippen molar-refractivity contribution in [1.29, 1.82) is 0 Å². The minimum absolute atomic E-state index is 0.557. The first-order valence-corrected chi connectivity index (χ1v) is 4.16. The van der Waals surface area contributed by atoms with Gasteiger partial charge in [0.05, 0.1) is 0 Å². The minimum atomic E-state index is 0.557. The third-order valence-electron chi connectivity index (χ3n) is 0.844. The Kier molecular flexibility index (Phi) is 2.92. The highest BCUT2D eigenvalue weighted by atomic mass is 35.5. The molecule has 0 radical (unpaired) electrons. The quantitative estimate of drug-likeness (QED) is 0.395. The van der Waals surface area contributed by atoms with Crippen molar-refractivity contribution in [2.75, 3.05) is 5.88 Å². The molecule has 0 heterocycles. The van der Waals surface area contributed by atoms with Gasteiger partial charge < -0.3 is 0 Å². The summed E-state index contributed by atoms with van der Waals surface area (Å²) in [7, 11) is 1.25. The molecular formula is C5H13ClSi. The van der Waals surface area contributed by atoms with Crippen LogP contribution in [0.4, 0.5) is 0 Å². The third-order valence-corrected chi connectivity index (χ3v) is 1.53. The van der Waals surface area contributed by atoms with Gasteiger partial charge in [-0.25, -0.2) is 0 Å². The molecule has 0 atom stereocenters. The van der Waals surface area contributed by atoms with Crippen molar-refractivity contribution in [3.05, 3.63) is 0 Å². The maximum atomic E-state index is 5.51. The Morgan fingerprint density at radius 1 is 1.57 bits per heavy atom. The van der Waals surface area contributed by atoms with Crippen LogP contribution in [0.15, 0.2) is 0 Å². The zero-order chi connectivity index (χ0) is 5.91. The first-order chi connectivity index (χ1) is 3.06. The molecule has 0 amide bonds. The Morgan fingerprint density at radius 3 is 2.00 bits per heavy atom. The minimum Gasteiger partial charge on any atom is -0.127 e. The molecule has 44 valence electrons. The molecule has 0 unspecified atom stereocenters. The van der Waals surface area contributed by atoms with Gasteiger partial charge in [0.2, 0.25) is 0 Å². The van der Waals surface area contributed by atoms with Crippen molar-refractivity contribution < 1.29 is 0 Å². The second-order valence-electron chi connectivity index (χ2n) is 3.00. The van der Waals surface area contributed by atoms with E-state index in [0.29, 0.717) is 5.04 Å². The number of halogens is 1. The summed E-state index contributed by atoms with van der Waals surface area (Å²) in [4.78, 5) is 0. The van der Waals surface area contributed by atoms with Crippen LogP contribution in [0.3, 0.4) is 0 Å². The molecule has 2 heteroatoms. The molecule has 0 aliphatic carbocycles. The van der Waals surface area contributed by atoms with Gasteiger partial charge in [0, 0.05) is 16.1 Å². The van der Waals surface area contributed by atoms with Crippen LogP contribution in [-0.2, 0) is 0 Å². The van der Waals surface area contributed by atoms with E-state index in [1.807, 2.05) is 0 Å². The fourth-order valence-electron chi connectivity index (χ4n) is 0.283. The molecule has 0 fully saturated rings. The SMILES string of the molecule is CC(C)([SiH3])CCCl. The lowest BCUT2D eigenvalue weighted by Crippen LogP contribution is -2.01. The zero-order valence-electron chi connectivity index (χ0n) is 5.29. The predicted octanol–water partition coefficient (Wildman–Crippen LogP) is 1.18. The van der Waals surface area contributed by atoms with Crippen molar-refractivity contribution in [1.82, 2.24) is 0 Å². The topological polar surface area (TPSA) is 0 Å². The van der Waals surface area contributed by atoms with Gasteiger partial charge in [0.25, 0.3) is 0 Å². The first-order valence-electron chi connectivity index (χ1n) is 2.62. The lowest BCUT2D eigenvalue weighted by molar-refractivity contribution is 0.658. The fraction of sp³-hybridized carbons (Fsp3) is 1.00. The molecule has 0 nitrogen and oxygen atoms in total. The zero-order valence-corrected chi connectivity index (χ0v) is 8.05. The second kappa shape index (κ2) is 2.73. The molecular weight excluding hydrogens is 124 g/mol. The highest BCUT2D eigenvalue weighted by Gasteiger charge is 2.06. The summed E-state index contributed by atoms with van der Waals surface area (Å²) in [5, 5.41) is 0.557. The van der Waals surface area contributed by atoms with E-state index in [9.17, 15) is 0 Å². The fourth-order valence-corrected chi connectivity index (χ4v) is 1.42. The van der Waals surface area contributed by atoms with Gasteiger partial charge in [-0.1, -0.05) is 13.8 Å². The molecule has 0 bridgehead atoms. The second-order valence-corrected chi connectivity index (χ2v) is 6.08. The van der Waals surface area contributed by atoms with Crippen LogP contribution in [0.2, 0.25) is 5.04 Å². The normalized spacial score (nSPS) is 12.4. The number of rotatable bonds is 2. The summed E-state index contributed by atoms with van der Waals surface area (Å²) in [5.41, 5.74) is 0. The van der Waals surface area contributed by atoms with Gasteiger partial charge in [-0.05, 0) is 11.5 Å². The Balaban J connectivity index is 3.15. The van der Waals surface area contributed by atoms with Gasteiger partial charge >= 0.3 is 0 Å². The molecule has 0 aromatic rings. The lowest BCUT2D eigenvalue weighted by atomic mass is 10.1. The molecule has 0 aliphatic heterocycles. The predicted molar refractivity (Wildman–Crippen MR) is 39.3 cm³/mol. The molecule has 0 N–H and O–H groups in total. The van der Waals surface area contributed by atoms with Crippen LogP contribution in [0.1, 0.15) is 20.3 Å². The van der Waals surface area contributed by atoms with E-state index in [2.05, 4.69) is 13.8 Å². The smallest absolute Gasteiger partial charge is 0.0225 e. The van der Waals surface area contributed by atoms with Crippen molar-refractivity contribution >= 4 is 21.8 Å². The van der Waals surface area contributed by atoms with Crippen molar-refractivity contribution in [2.24, 2.45) is 0 Å². The molecule has 0 aromatic heterocycles. The molecule has 0 aliphatic rings. The summed E-state index contributed by atoms with van der Waals surface area (Å²) in [6.07, 6.45) is 1.17. The standard InChI is InChI=1S/C5H13ClSi/c1-5(2,7)3-4-6/h3-4H2,1-2,7H3.